The Labute approximate surface area is 467 Å². The minimum absolute atomic E-state index is 0. The predicted molar refractivity (Wildman–Crippen MR) is 202 cm³/mol. The van der Waals surface area contributed by atoms with Crippen molar-refractivity contribution in [3.63, 3.8) is 0 Å². The van der Waals surface area contributed by atoms with Crippen molar-refractivity contribution in [3.8, 4) is 0 Å². The number of hydrogen-bond acceptors (Lipinski definition) is 27. The second-order valence-corrected chi connectivity index (χ2v) is 19.2. The van der Waals surface area contributed by atoms with Gasteiger partial charge in [0.1, 0.15) is 37.3 Å². The van der Waals surface area contributed by atoms with Crippen LogP contribution in [-0.4, -0.2) is 73.4 Å². The van der Waals surface area contributed by atoms with Crippen LogP contribution in [0.2, 0.25) is 0 Å². The molecule has 36 heteroatoms. The molecule has 0 aromatic heterocycles. The minimum Gasteiger partial charge on any atom is -0.744 e. The molecular formula is C29H25N7Na4O19S6. The molecule has 0 fully saturated rings. The summed E-state index contributed by atoms with van der Waals surface area (Å²) in [5.41, 5.74) is 9.06. The average Bonchev–Trinajstić information content (AvgIpc) is 3.19. The Balaban J connectivity index is 0.0000102. The van der Waals surface area contributed by atoms with Crippen molar-refractivity contribution in [3.05, 3.63) is 78.4 Å². The quantitative estimate of drug-likeness (QED) is 0.00961. The molecule has 5 N–H and O–H groups in total. The number of carbonyl (C=O) groups is 1. The first kappa shape index (κ1) is 64.2. The van der Waals surface area contributed by atoms with Gasteiger partial charge in [0, 0.05) is 11.3 Å². The maximum absolute atomic E-state index is 12.9. The molecule has 4 aromatic carbocycles. The maximum Gasteiger partial charge on any atom is 1.00 e. The number of nitrogens with two attached hydrogens (primary N) is 2. The van der Waals surface area contributed by atoms with Crippen LogP contribution in [0.25, 0.3) is 0 Å². The molecule has 4 aromatic rings. The number of azo groups is 2. The van der Waals surface area contributed by atoms with Crippen LogP contribution in [0, 0.1) is 0 Å². The summed E-state index contributed by atoms with van der Waals surface area (Å²) in [6.07, 6.45) is 0. The van der Waals surface area contributed by atoms with Gasteiger partial charge in [-0.2, -0.15) is 5.11 Å². The van der Waals surface area contributed by atoms with Gasteiger partial charge in [0.15, 0.2) is 44.3 Å². The van der Waals surface area contributed by atoms with Gasteiger partial charge in [-0.25, -0.2) is 33.7 Å². The molecule has 0 aliphatic heterocycles. The van der Waals surface area contributed by atoms with Crippen molar-refractivity contribution >= 4 is 110 Å². The van der Waals surface area contributed by atoms with E-state index in [0.29, 0.717) is 12.1 Å². The third-order valence-electron chi connectivity index (χ3n) is 7.36. The average molecular weight is 1060 g/mol. The smallest absolute Gasteiger partial charge is 0.744 e. The van der Waals surface area contributed by atoms with E-state index in [2.05, 4.69) is 48.7 Å². The summed E-state index contributed by atoms with van der Waals surface area (Å²) in [5.74, 6) is -1.87. The zero-order valence-corrected chi connectivity index (χ0v) is 46.8. The van der Waals surface area contributed by atoms with Gasteiger partial charge >= 0.3 is 118 Å². The number of carbonyl (C=O) groups excluding carboxylic acids is 1. The predicted octanol–water partition coefficient (Wildman–Crippen LogP) is -10.1. The Bertz CT molecular complexity index is 2750. The van der Waals surface area contributed by atoms with Crippen LogP contribution < -0.4 is 146 Å². The molecule has 65 heavy (non-hydrogen) atoms. The van der Waals surface area contributed by atoms with Gasteiger partial charge in [-0.05, 0) is 72.8 Å². The van der Waals surface area contributed by atoms with Crippen LogP contribution in [0.3, 0.4) is 0 Å². The summed E-state index contributed by atoms with van der Waals surface area (Å²) < 4.78 is 140. The summed E-state index contributed by atoms with van der Waals surface area (Å²) in [6.45, 7) is -0.904. The number of amides is 1. The Morgan fingerprint density at radius 3 is 1.60 bits per heavy atom. The van der Waals surface area contributed by atoms with E-state index in [9.17, 15) is 58.1 Å². The van der Waals surface area contributed by atoms with E-state index in [4.69, 9.17) is 15.7 Å². The third kappa shape index (κ3) is 19.5. The molecule has 0 aliphatic rings. The number of rotatable bonds is 22. The Hall–Kier alpha value is -0.750. The molecule has 0 unspecified atom stereocenters. The van der Waals surface area contributed by atoms with Gasteiger partial charge in [0.2, 0.25) is 0 Å². The third-order valence-corrected chi connectivity index (χ3v) is 13.2. The fourth-order valence-electron chi connectivity index (χ4n) is 4.53. The fraction of sp³-hybridized carbons (Fsp3) is 0.138. The van der Waals surface area contributed by atoms with E-state index in [1.165, 1.54) is 48.5 Å². The molecule has 0 saturated heterocycles. The van der Waals surface area contributed by atoms with Gasteiger partial charge in [-0.1, -0.05) is 0 Å². The molecule has 0 saturated carbocycles. The van der Waals surface area contributed by atoms with E-state index in [-0.39, 0.29) is 171 Å². The van der Waals surface area contributed by atoms with Crippen LogP contribution in [0.1, 0.15) is 10.4 Å². The molecule has 0 spiro atoms. The van der Waals surface area contributed by atoms with E-state index in [1.54, 1.807) is 0 Å². The van der Waals surface area contributed by atoms with Gasteiger partial charge < -0.3 is 36.4 Å². The summed E-state index contributed by atoms with van der Waals surface area (Å²) in [7, 11) is -18.9. The Kier molecular flexibility index (Phi) is 29.1. The standard InChI is InChI=1S/C29H29N7O19S6.4Na/c30-26-23(35-34-22-10-9-21(15-24(22)60(44,45)46)59(42,43)14-12-51-57-55-53-39)16-25(61(47,48)49)27(31)28(26)36-33-19-3-1-17(2-4-19)29(37)32-18-5-7-20(8-6-18)58(40,41)13-11-50-56-54-52-38;;;;/h1-10,15-16,38-39H,11-14,30-31H2,(H,32,37)(H,44,45,46)(H,47,48,49);;;;/q;4*+1/p-4. The number of anilines is 3. The molecule has 0 radical (unpaired) electrons. The van der Waals surface area contributed by atoms with Crippen LogP contribution >= 0.6 is 24.6 Å². The van der Waals surface area contributed by atoms with Crippen molar-refractivity contribution in [1.29, 1.82) is 0 Å². The summed E-state index contributed by atoms with van der Waals surface area (Å²) in [6, 6.07) is 13.0. The number of benzene rings is 4. The molecule has 330 valence electrons. The Morgan fingerprint density at radius 1 is 0.600 bits per heavy atom. The second-order valence-electron chi connectivity index (χ2n) is 11.2. The minimum atomic E-state index is -5.45. The van der Waals surface area contributed by atoms with E-state index >= 15 is 0 Å². The zero-order valence-electron chi connectivity index (χ0n) is 33.9. The molecule has 0 heterocycles. The first-order chi connectivity index (χ1) is 28.7. The van der Waals surface area contributed by atoms with E-state index in [0.717, 1.165) is 12.1 Å². The number of nitrogens with zero attached hydrogens (tertiary/aromatic N) is 4. The fourth-order valence-corrected chi connectivity index (χ4v) is 8.70. The van der Waals surface area contributed by atoms with E-state index < -0.39 is 107 Å². The van der Waals surface area contributed by atoms with Crippen molar-refractivity contribution < 1.29 is 203 Å². The Morgan fingerprint density at radius 2 is 1.09 bits per heavy atom. The first-order valence-corrected chi connectivity index (χ1v) is 23.2. The van der Waals surface area contributed by atoms with Crippen LogP contribution in [-0.2, 0) is 67.0 Å². The van der Waals surface area contributed by atoms with Crippen LogP contribution in [0.5, 0.6) is 0 Å². The largest absolute Gasteiger partial charge is 1.00 e. The first-order valence-electron chi connectivity index (χ1n) is 15.8. The molecular weight excluding hydrogens is 1030 g/mol. The second kappa shape index (κ2) is 29.4. The van der Waals surface area contributed by atoms with E-state index in [1.807, 2.05) is 0 Å². The van der Waals surface area contributed by atoms with Crippen molar-refractivity contribution in [1.82, 2.24) is 0 Å². The topological polar surface area (TPSA) is 415 Å². The van der Waals surface area contributed by atoms with Gasteiger partial charge in [-0.15, -0.1) is 24.0 Å². The van der Waals surface area contributed by atoms with Crippen molar-refractivity contribution in [2.24, 2.45) is 20.5 Å². The summed E-state index contributed by atoms with van der Waals surface area (Å²) in [4.78, 5) is 9.83. The van der Waals surface area contributed by atoms with Gasteiger partial charge in [0.25, 0.3) is 5.91 Å². The SMILES string of the molecule is Nc1c(N=Nc2ccc(S(=O)(=O)CCOSOO[O-])cc2S(=O)(=O)[O-])cc(S(=O)(=O)[O-])c(N)c1N=Nc1ccc(C(=O)Nc2ccc(S(=O)(=O)CCOSOO[O-])cc2)cc1.[Na+].[Na+].[Na+].[Na+]. The van der Waals surface area contributed by atoms with Crippen molar-refractivity contribution in [2.45, 2.75) is 19.6 Å². The summed E-state index contributed by atoms with van der Waals surface area (Å²) in [5, 5.41) is 43.2. The number of nitrogens with one attached hydrogen (secondary N) is 1. The molecule has 0 bridgehead atoms. The number of hydrogen-bond donors (Lipinski definition) is 3. The summed E-state index contributed by atoms with van der Waals surface area (Å²) >= 11 is 0.175. The van der Waals surface area contributed by atoms with Crippen LogP contribution in [0.15, 0.2) is 113 Å². The molecule has 1 amide bonds. The zero-order chi connectivity index (χ0) is 45.0. The molecule has 26 nitrogen and oxygen atoms in total. The number of nitrogen functional groups attached to an aromatic ring is 2. The van der Waals surface area contributed by atoms with Crippen molar-refractivity contribution in [2.75, 3.05) is 41.5 Å². The van der Waals surface area contributed by atoms with Crippen LogP contribution in [0.4, 0.5) is 39.8 Å². The number of sulfone groups is 2. The van der Waals surface area contributed by atoms with Gasteiger partial charge in [0.05, 0.1) is 61.4 Å². The van der Waals surface area contributed by atoms with Gasteiger partial charge in [-0.3, -0.25) is 23.2 Å². The monoisotopic (exact) mass is 1060 g/mol. The molecule has 0 aliphatic carbocycles. The maximum atomic E-state index is 12.9. The normalized spacial score (nSPS) is 11.9. The molecule has 4 rings (SSSR count). The molecule has 0 atom stereocenters.